The van der Waals surface area contributed by atoms with E-state index in [0.29, 0.717) is 24.5 Å². The maximum absolute atomic E-state index is 13.3. The van der Waals surface area contributed by atoms with Gasteiger partial charge < -0.3 is 24.8 Å². The molecule has 1 aliphatic rings. The number of rotatable bonds is 6. The van der Waals surface area contributed by atoms with Gasteiger partial charge in [-0.25, -0.2) is 4.98 Å². The van der Waals surface area contributed by atoms with E-state index in [9.17, 15) is 18.4 Å². The Balaban J connectivity index is 2.01. The molecule has 33 heavy (non-hydrogen) atoms. The van der Waals surface area contributed by atoms with Gasteiger partial charge in [-0.2, -0.15) is 8.78 Å². The number of ether oxygens (including phenoxy) is 1. The Morgan fingerprint density at radius 1 is 1.15 bits per heavy atom. The number of halogens is 2. The van der Waals surface area contributed by atoms with Gasteiger partial charge in [-0.05, 0) is 49.7 Å². The molecule has 2 amide bonds. The SMILES string of the molecule is CNC(=O)C(NC(=O)c1nc(-c2ccc(OC(F)F)cc2)n2c1CN(C)CCC2)C(C)(C)C. The van der Waals surface area contributed by atoms with Crippen LogP contribution in [-0.2, 0) is 17.9 Å². The lowest BCUT2D eigenvalue weighted by atomic mass is 9.86. The first-order valence-corrected chi connectivity index (χ1v) is 10.9. The fourth-order valence-electron chi connectivity index (χ4n) is 3.93. The fraction of sp³-hybridized carbons (Fsp3) is 0.522. The Bertz CT molecular complexity index is 999. The number of likely N-dealkylation sites (N-methyl/N-ethyl adjacent to an activating group) is 1. The van der Waals surface area contributed by atoms with Crippen molar-refractivity contribution in [2.45, 2.75) is 52.9 Å². The summed E-state index contributed by atoms with van der Waals surface area (Å²) < 4.78 is 31.4. The highest BCUT2D eigenvalue weighted by atomic mass is 19.3. The molecule has 3 rings (SSSR count). The van der Waals surface area contributed by atoms with Crippen molar-refractivity contribution in [2.24, 2.45) is 5.41 Å². The van der Waals surface area contributed by atoms with Crippen LogP contribution in [0.5, 0.6) is 5.75 Å². The Morgan fingerprint density at radius 3 is 2.39 bits per heavy atom. The van der Waals surface area contributed by atoms with E-state index in [2.05, 4.69) is 25.3 Å². The van der Waals surface area contributed by atoms with Crippen LogP contribution in [0.4, 0.5) is 8.78 Å². The second-order valence-electron chi connectivity index (χ2n) is 9.26. The molecule has 2 heterocycles. The third-order valence-corrected chi connectivity index (χ3v) is 5.62. The maximum atomic E-state index is 13.3. The van der Waals surface area contributed by atoms with E-state index in [1.165, 1.54) is 19.2 Å². The summed E-state index contributed by atoms with van der Waals surface area (Å²) in [5.74, 6) is -0.0939. The normalized spacial score (nSPS) is 15.5. The monoisotopic (exact) mass is 463 g/mol. The van der Waals surface area contributed by atoms with Gasteiger partial charge in [0, 0.05) is 25.7 Å². The quantitative estimate of drug-likeness (QED) is 0.688. The minimum Gasteiger partial charge on any atom is -0.435 e. The van der Waals surface area contributed by atoms with Gasteiger partial charge in [0.05, 0.1) is 5.69 Å². The number of nitrogens with one attached hydrogen (secondary N) is 2. The summed E-state index contributed by atoms with van der Waals surface area (Å²) in [6.45, 7) is 4.76. The van der Waals surface area contributed by atoms with E-state index in [1.807, 2.05) is 32.4 Å². The molecule has 1 atom stereocenters. The van der Waals surface area contributed by atoms with E-state index in [0.717, 1.165) is 18.7 Å². The van der Waals surface area contributed by atoms with Gasteiger partial charge in [-0.1, -0.05) is 20.8 Å². The molecule has 0 saturated carbocycles. The molecular formula is C23H31F2N5O3. The van der Waals surface area contributed by atoms with Gasteiger partial charge in [0.1, 0.15) is 17.6 Å². The average molecular weight is 464 g/mol. The largest absolute Gasteiger partial charge is 0.435 e. The number of hydrogen-bond acceptors (Lipinski definition) is 5. The van der Waals surface area contributed by atoms with E-state index in [4.69, 9.17) is 0 Å². The van der Waals surface area contributed by atoms with Crippen molar-refractivity contribution in [2.75, 3.05) is 20.6 Å². The van der Waals surface area contributed by atoms with Gasteiger partial charge >= 0.3 is 6.61 Å². The molecule has 1 unspecified atom stereocenters. The predicted molar refractivity (Wildman–Crippen MR) is 120 cm³/mol. The molecule has 2 N–H and O–H groups in total. The zero-order valence-corrected chi connectivity index (χ0v) is 19.6. The Hall–Kier alpha value is -3.01. The van der Waals surface area contributed by atoms with E-state index in [1.54, 1.807) is 12.1 Å². The molecule has 8 nitrogen and oxygen atoms in total. The minimum atomic E-state index is -2.90. The van der Waals surface area contributed by atoms with Crippen molar-refractivity contribution in [1.82, 2.24) is 25.1 Å². The van der Waals surface area contributed by atoms with Crippen LogP contribution >= 0.6 is 0 Å². The summed E-state index contributed by atoms with van der Waals surface area (Å²) in [6, 6.07) is 5.45. The smallest absolute Gasteiger partial charge is 0.387 e. The van der Waals surface area contributed by atoms with Crippen LogP contribution in [0.3, 0.4) is 0 Å². The molecule has 0 saturated heterocycles. The minimum absolute atomic E-state index is 0.0488. The van der Waals surface area contributed by atoms with E-state index < -0.39 is 24.0 Å². The summed E-state index contributed by atoms with van der Waals surface area (Å²) in [7, 11) is 3.51. The van der Waals surface area contributed by atoms with Gasteiger partial charge in [0.2, 0.25) is 5.91 Å². The number of nitrogens with zero attached hydrogens (tertiary/aromatic N) is 3. The van der Waals surface area contributed by atoms with Crippen molar-refractivity contribution in [3.63, 3.8) is 0 Å². The number of aromatic nitrogens is 2. The van der Waals surface area contributed by atoms with Crippen molar-refractivity contribution in [1.29, 1.82) is 0 Å². The third-order valence-electron chi connectivity index (χ3n) is 5.62. The summed E-state index contributed by atoms with van der Waals surface area (Å²) in [5, 5.41) is 5.46. The number of carbonyl (C=O) groups is 2. The molecule has 2 aromatic rings. The molecule has 1 aliphatic heterocycles. The number of carbonyl (C=O) groups excluding carboxylic acids is 2. The van der Waals surface area contributed by atoms with Crippen LogP contribution < -0.4 is 15.4 Å². The van der Waals surface area contributed by atoms with Crippen LogP contribution in [0.2, 0.25) is 0 Å². The molecule has 0 spiro atoms. The molecule has 1 aromatic carbocycles. The molecule has 10 heteroatoms. The zero-order valence-electron chi connectivity index (χ0n) is 19.6. The number of amides is 2. The summed E-state index contributed by atoms with van der Waals surface area (Å²) >= 11 is 0. The molecule has 180 valence electrons. The van der Waals surface area contributed by atoms with Crippen LogP contribution in [0.15, 0.2) is 24.3 Å². The highest BCUT2D eigenvalue weighted by Crippen LogP contribution is 2.28. The number of fused-ring (bicyclic) bond motifs is 1. The molecule has 0 radical (unpaired) electrons. The van der Waals surface area contributed by atoms with E-state index >= 15 is 0 Å². The Morgan fingerprint density at radius 2 is 1.82 bits per heavy atom. The summed E-state index contributed by atoms with van der Waals surface area (Å²) in [4.78, 5) is 32.5. The fourth-order valence-corrected chi connectivity index (χ4v) is 3.93. The highest BCUT2D eigenvalue weighted by molar-refractivity contribution is 5.97. The first-order valence-electron chi connectivity index (χ1n) is 10.9. The number of benzene rings is 1. The number of hydrogen-bond donors (Lipinski definition) is 2. The molecule has 0 fully saturated rings. The number of alkyl halides is 2. The zero-order chi connectivity index (χ0) is 24.3. The van der Waals surface area contributed by atoms with Gasteiger partial charge in [-0.15, -0.1) is 0 Å². The van der Waals surface area contributed by atoms with Gasteiger partial charge in [0.25, 0.3) is 5.91 Å². The lowest BCUT2D eigenvalue weighted by Crippen LogP contribution is -2.53. The maximum Gasteiger partial charge on any atom is 0.387 e. The molecule has 1 aromatic heterocycles. The lowest BCUT2D eigenvalue weighted by molar-refractivity contribution is -0.124. The third kappa shape index (κ3) is 5.68. The molecule has 0 bridgehead atoms. The summed E-state index contributed by atoms with van der Waals surface area (Å²) in [5.41, 5.74) is 1.18. The number of imidazole rings is 1. The van der Waals surface area contributed by atoms with Crippen LogP contribution in [0.25, 0.3) is 11.4 Å². The lowest BCUT2D eigenvalue weighted by Gasteiger charge is -2.29. The van der Waals surface area contributed by atoms with Gasteiger partial charge in [-0.3, -0.25) is 9.59 Å². The van der Waals surface area contributed by atoms with Crippen LogP contribution in [0, 0.1) is 5.41 Å². The molecule has 0 aliphatic carbocycles. The second kappa shape index (κ2) is 9.86. The van der Waals surface area contributed by atoms with Gasteiger partial charge in [0.15, 0.2) is 5.69 Å². The standard InChI is InChI=1S/C23H31F2N5O3/c1-23(2,3)18(21(32)26-4)28-20(31)17-16-13-29(5)11-6-12-30(16)19(27-17)14-7-9-15(10-8-14)33-22(24)25/h7-10,18,22H,6,11-13H2,1-5H3,(H,26,32)(H,28,31). The van der Waals surface area contributed by atoms with Crippen molar-refractivity contribution in [3.05, 3.63) is 35.7 Å². The van der Waals surface area contributed by atoms with Crippen molar-refractivity contribution in [3.8, 4) is 17.1 Å². The van der Waals surface area contributed by atoms with Crippen LogP contribution in [0.1, 0.15) is 43.4 Å². The Kier molecular flexibility index (Phi) is 7.36. The van der Waals surface area contributed by atoms with E-state index in [-0.39, 0.29) is 17.4 Å². The predicted octanol–water partition coefficient (Wildman–Crippen LogP) is 2.88. The average Bonchev–Trinajstić information content (AvgIpc) is 2.97. The Labute approximate surface area is 192 Å². The molecular weight excluding hydrogens is 432 g/mol. The second-order valence-corrected chi connectivity index (χ2v) is 9.26. The first kappa shape index (κ1) is 24.6. The highest BCUT2D eigenvalue weighted by Gasteiger charge is 2.34. The summed E-state index contributed by atoms with van der Waals surface area (Å²) in [6.07, 6.45) is 0.864. The topological polar surface area (TPSA) is 88.5 Å². The van der Waals surface area contributed by atoms with Crippen molar-refractivity contribution >= 4 is 11.8 Å². The first-order chi connectivity index (χ1) is 15.5. The van der Waals surface area contributed by atoms with Crippen LogP contribution in [-0.4, -0.2) is 59.6 Å². The van der Waals surface area contributed by atoms with Crippen molar-refractivity contribution < 1.29 is 23.1 Å².